The van der Waals surface area contributed by atoms with Crippen LogP contribution in [0.4, 0.5) is 4.39 Å². The molecule has 1 heterocycles. The van der Waals surface area contributed by atoms with E-state index in [0.29, 0.717) is 12.5 Å². The maximum absolute atomic E-state index is 13.3. The molecule has 4 nitrogen and oxygen atoms in total. The van der Waals surface area contributed by atoms with Gasteiger partial charge in [0.05, 0.1) is 0 Å². The van der Waals surface area contributed by atoms with E-state index in [1.165, 1.54) is 19.0 Å². The number of likely N-dealkylation sites (tertiary alicyclic amines) is 1. The predicted molar refractivity (Wildman–Crippen MR) is 105 cm³/mol. The second-order valence-electron chi connectivity index (χ2n) is 5.96. The molecule has 1 aliphatic heterocycles. The molecule has 130 valence electrons. The zero-order valence-electron chi connectivity index (χ0n) is 14.3. The van der Waals surface area contributed by atoms with Gasteiger partial charge in [0.25, 0.3) is 0 Å². The number of hydrogen-bond acceptors (Lipinski definition) is 2. The summed E-state index contributed by atoms with van der Waals surface area (Å²) < 4.78 is 13.3. The summed E-state index contributed by atoms with van der Waals surface area (Å²) in [6.45, 7) is 7.28. The molecule has 2 rings (SSSR count). The third-order valence-corrected chi connectivity index (χ3v) is 4.25. The SMILES string of the molecule is CCN1CCC(CNC(=NC)N(C)Cc2cccc(F)c2)C1.I. The fraction of sp³-hybridized carbons (Fsp3) is 0.588. The van der Waals surface area contributed by atoms with Crippen molar-refractivity contribution in [2.45, 2.75) is 19.9 Å². The minimum atomic E-state index is -0.195. The standard InChI is InChI=1S/C17H27FN4.HI/c1-4-22-9-8-15(13-22)11-20-17(19-2)21(3)12-14-6-5-7-16(18)10-14;/h5-7,10,15H,4,8-9,11-13H2,1-3H3,(H,19,20);1H. The summed E-state index contributed by atoms with van der Waals surface area (Å²) in [5.41, 5.74) is 0.948. The second kappa shape index (κ2) is 10.1. The van der Waals surface area contributed by atoms with Crippen molar-refractivity contribution in [3.05, 3.63) is 35.6 Å². The first-order valence-corrected chi connectivity index (χ1v) is 8.01. The molecule has 0 amide bonds. The Hall–Kier alpha value is -0.890. The van der Waals surface area contributed by atoms with E-state index in [2.05, 4.69) is 22.1 Å². The topological polar surface area (TPSA) is 30.9 Å². The maximum Gasteiger partial charge on any atom is 0.193 e. The molecule has 23 heavy (non-hydrogen) atoms. The molecular formula is C17H28FIN4. The van der Waals surface area contributed by atoms with Gasteiger partial charge >= 0.3 is 0 Å². The van der Waals surface area contributed by atoms with Crippen molar-refractivity contribution in [2.75, 3.05) is 40.3 Å². The summed E-state index contributed by atoms with van der Waals surface area (Å²) in [6, 6.07) is 6.71. The highest BCUT2D eigenvalue weighted by Crippen LogP contribution is 2.14. The van der Waals surface area contributed by atoms with Gasteiger partial charge in [0.1, 0.15) is 5.82 Å². The Labute approximate surface area is 156 Å². The number of nitrogens with zero attached hydrogens (tertiary/aromatic N) is 3. The molecule has 1 aromatic rings. The quantitative estimate of drug-likeness (QED) is 0.440. The van der Waals surface area contributed by atoms with Crippen LogP contribution in [-0.4, -0.2) is 56.0 Å². The zero-order valence-corrected chi connectivity index (χ0v) is 16.6. The third-order valence-electron chi connectivity index (χ3n) is 4.25. The lowest BCUT2D eigenvalue weighted by atomic mass is 10.1. The van der Waals surface area contributed by atoms with Gasteiger partial charge in [-0.25, -0.2) is 4.39 Å². The Bertz CT molecular complexity index is 509. The second-order valence-corrected chi connectivity index (χ2v) is 5.96. The summed E-state index contributed by atoms with van der Waals surface area (Å²) in [5, 5.41) is 3.45. The Balaban J connectivity index is 0.00000264. The van der Waals surface area contributed by atoms with E-state index in [1.807, 2.05) is 18.0 Å². The summed E-state index contributed by atoms with van der Waals surface area (Å²) >= 11 is 0. The molecular weight excluding hydrogens is 406 g/mol. The van der Waals surface area contributed by atoms with Crippen LogP contribution in [0.15, 0.2) is 29.3 Å². The first kappa shape index (κ1) is 20.2. The Morgan fingerprint density at radius 1 is 1.48 bits per heavy atom. The number of aliphatic imine (C=N–C) groups is 1. The number of benzene rings is 1. The van der Waals surface area contributed by atoms with Gasteiger partial charge in [-0.3, -0.25) is 4.99 Å². The minimum Gasteiger partial charge on any atom is -0.356 e. The van der Waals surface area contributed by atoms with Crippen LogP contribution in [0.25, 0.3) is 0 Å². The monoisotopic (exact) mass is 434 g/mol. The van der Waals surface area contributed by atoms with Crippen molar-refractivity contribution >= 4 is 29.9 Å². The lowest BCUT2D eigenvalue weighted by molar-refractivity contribution is 0.340. The normalized spacial score (nSPS) is 18.6. The number of halogens is 2. The van der Waals surface area contributed by atoms with Gasteiger partial charge in [-0.15, -0.1) is 24.0 Å². The van der Waals surface area contributed by atoms with E-state index in [-0.39, 0.29) is 29.8 Å². The van der Waals surface area contributed by atoms with E-state index in [9.17, 15) is 4.39 Å². The fourth-order valence-electron chi connectivity index (χ4n) is 2.97. The third kappa shape index (κ3) is 6.25. The molecule has 0 spiro atoms. The van der Waals surface area contributed by atoms with Gasteiger partial charge in [-0.2, -0.15) is 0 Å². The highest BCUT2D eigenvalue weighted by Gasteiger charge is 2.21. The van der Waals surface area contributed by atoms with Crippen molar-refractivity contribution in [3.63, 3.8) is 0 Å². The Kier molecular flexibility index (Phi) is 8.83. The van der Waals surface area contributed by atoms with E-state index < -0.39 is 0 Å². The number of nitrogens with one attached hydrogen (secondary N) is 1. The molecule has 0 aromatic heterocycles. The average Bonchev–Trinajstić information content (AvgIpc) is 2.96. The molecule has 0 bridgehead atoms. The molecule has 1 N–H and O–H groups in total. The van der Waals surface area contributed by atoms with Crippen LogP contribution in [0.3, 0.4) is 0 Å². The van der Waals surface area contributed by atoms with Crippen LogP contribution in [0.1, 0.15) is 18.9 Å². The number of guanidine groups is 1. The van der Waals surface area contributed by atoms with Crippen LogP contribution in [-0.2, 0) is 6.54 Å². The minimum absolute atomic E-state index is 0. The van der Waals surface area contributed by atoms with Gasteiger partial charge < -0.3 is 15.1 Å². The molecule has 1 saturated heterocycles. The van der Waals surface area contributed by atoms with E-state index in [1.54, 1.807) is 19.2 Å². The van der Waals surface area contributed by atoms with E-state index in [4.69, 9.17) is 0 Å². The first-order chi connectivity index (χ1) is 10.6. The highest BCUT2D eigenvalue weighted by molar-refractivity contribution is 14.0. The Morgan fingerprint density at radius 2 is 2.26 bits per heavy atom. The van der Waals surface area contributed by atoms with Crippen LogP contribution >= 0.6 is 24.0 Å². The van der Waals surface area contributed by atoms with Crippen molar-refractivity contribution < 1.29 is 4.39 Å². The molecule has 1 atom stereocenters. The predicted octanol–water partition coefficient (Wildman–Crippen LogP) is 2.79. The van der Waals surface area contributed by atoms with Crippen molar-refractivity contribution in [1.82, 2.24) is 15.1 Å². The van der Waals surface area contributed by atoms with E-state index >= 15 is 0 Å². The Morgan fingerprint density at radius 3 is 2.87 bits per heavy atom. The summed E-state index contributed by atoms with van der Waals surface area (Å²) in [5.74, 6) is 1.35. The molecule has 6 heteroatoms. The van der Waals surface area contributed by atoms with Crippen LogP contribution in [0, 0.1) is 11.7 Å². The summed E-state index contributed by atoms with van der Waals surface area (Å²) in [4.78, 5) is 8.84. The molecule has 1 fully saturated rings. The van der Waals surface area contributed by atoms with Crippen molar-refractivity contribution in [3.8, 4) is 0 Å². The smallest absolute Gasteiger partial charge is 0.193 e. The van der Waals surface area contributed by atoms with Crippen molar-refractivity contribution in [1.29, 1.82) is 0 Å². The summed E-state index contributed by atoms with van der Waals surface area (Å²) in [6.07, 6.45) is 1.24. The average molecular weight is 434 g/mol. The maximum atomic E-state index is 13.3. The van der Waals surface area contributed by atoms with Crippen LogP contribution in [0.5, 0.6) is 0 Å². The van der Waals surface area contributed by atoms with Gasteiger partial charge in [0.15, 0.2) is 5.96 Å². The van der Waals surface area contributed by atoms with Crippen LogP contribution < -0.4 is 5.32 Å². The van der Waals surface area contributed by atoms with Gasteiger partial charge in [-0.1, -0.05) is 19.1 Å². The van der Waals surface area contributed by atoms with Gasteiger partial charge in [0, 0.05) is 33.7 Å². The molecule has 0 radical (unpaired) electrons. The molecule has 0 aliphatic carbocycles. The number of hydrogen-bond donors (Lipinski definition) is 1. The molecule has 1 aliphatic rings. The summed E-state index contributed by atoms with van der Waals surface area (Å²) in [7, 11) is 3.77. The largest absolute Gasteiger partial charge is 0.356 e. The first-order valence-electron chi connectivity index (χ1n) is 8.01. The highest BCUT2D eigenvalue weighted by atomic mass is 127. The van der Waals surface area contributed by atoms with Gasteiger partial charge in [0.2, 0.25) is 0 Å². The lowest BCUT2D eigenvalue weighted by Crippen LogP contribution is -2.41. The van der Waals surface area contributed by atoms with Crippen LogP contribution in [0.2, 0.25) is 0 Å². The van der Waals surface area contributed by atoms with E-state index in [0.717, 1.165) is 31.2 Å². The lowest BCUT2D eigenvalue weighted by Gasteiger charge is -2.23. The van der Waals surface area contributed by atoms with Crippen molar-refractivity contribution in [2.24, 2.45) is 10.9 Å². The van der Waals surface area contributed by atoms with Gasteiger partial charge in [-0.05, 0) is 43.1 Å². The zero-order chi connectivity index (χ0) is 15.9. The molecule has 0 saturated carbocycles. The fourth-order valence-corrected chi connectivity index (χ4v) is 2.97. The molecule has 1 aromatic carbocycles. The number of rotatable bonds is 5. The molecule has 1 unspecified atom stereocenters.